The number of rotatable bonds is 4. The Morgan fingerprint density at radius 1 is 0.870 bits per heavy atom. The van der Waals surface area contributed by atoms with Crippen molar-refractivity contribution in [1.82, 2.24) is 0 Å². The van der Waals surface area contributed by atoms with E-state index in [-0.39, 0.29) is 0 Å². The van der Waals surface area contributed by atoms with Crippen molar-refractivity contribution in [3.05, 3.63) is 64.6 Å². The molecule has 126 valence electrons. The average Bonchev–Trinajstić information content (AvgIpc) is 2.45. The van der Waals surface area contributed by atoms with E-state index in [0.29, 0.717) is 16.1 Å². The fourth-order valence-corrected chi connectivity index (χ4v) is 10.4. The van der Waals surface area contributed by atoms with Crippen LogP contribution in [0, 0.1) is 7.14 Å². The van der Waals surface area contributed by atoms with Crippen LogP contribution in [0.15, 0.2) is 57.5 Å². The van der Waals surface area contributed by atoms with Crippen LogP contribution >= 0.6 is 52.1 Å². The topological polar surface area (TPSA) is 43.4 Å². The summed E-state index contributed by atoms with van der Waals surface area (Å²) in [6.45, 7) is 0. The summed E-state index contributed by atoms with van der Waals surface area (Å²) in [6.07, 6.45) is 0. The van der Waals surface area contributed by atoms with Crippen LogP contribution in [-0.2, 0) is 12.6 Å². The molecular weight excluding hydrogens is 580 g/mol. The van der Waals surface area contributed by atoms with Crippen molar-refractivity contribution in [1.29, 1.82) is 0 Å². The number of hydrogen-bond acceptors (Lipinski definition) is 3. The second kappa shape index (κ2) is 7.38. The van der Waals surface area contributed by atoms with Crippen LogP contribution in [0.2, 0.25) is 0 Å². The Kier molecular flexibility index (Phi) is 6.15. The molecule has 0 saturated carbocycles. The van der Waals surface area contributed by atoms with E-state index in [1.807, 2.05) is 0 Å². The van der Waals surface area contributed by atoms with Gasteiger partial charge >= 0.3 is 156 Å². The number of hydrogen-bond donors (Lipinski definition) is 0. The first-order valence-corrected chi connectivity index (χ1v) is 11.9. The molecule has 10 heteroatoms. The van der Waals surface area contributed by atoms with Gasteiger partial charge in [0, 0.05) is 0 Å². The summed E-state index contributed by atoms with van der Waals surface area (Å²) < 4.78 is 67.6. The predicted octanol–water partition coefficient (Wildman–Crippen LogP) is 5.54. The van der Waals surface area contributed by atoms with Crippen LogP contribution in [0.25, 0.3) is 0 Å². The van der Waals surface area contributed by atoms with Gasteiger partial charge in [-0.3, -0.25) is 0 Å². The standard InChI is InChI=1S/C13H8Br2F3IO3S/c14-9-5-1-3-7-11(9)19(12-8-4-2-6-10(12)15)22-23(20,21)13(16,17)18/h1-8H. The second-order valence-electron chi connectivity index (χ2n) is 4.04. The molecule has 0 atom stereocenters. The molecule has 0 fully saturated rings. The van der Waals surface area contributed by atoms with Crippen molar-refractivity contribution in [3.8, 4) is 0 Å². The zero-order valence-corrected chi connectivity index (χ0v) is 17.2. The molecule has 0 aliphatic rings. The van der Waals surface area contributed by atoms with Crippen LogP contribution < -0.4 is 0 Å². The van der Waals surface area contributed by atoms with Crippen LogP contribution in [0.1, 0.15) is 0 Å². The van der Waals surface area contributed by atoms with E-state index in [1.54, 1.807) is 48.5 Å². The van der Waals surface area contributed by atoms with Gasteiger partial charge in [-0.1, -0.05) is 0 Å². The molecule has 0 N–H and O–H groups in total. The third-order valence-electron chi connectivity index (χ3n) is 2.45. The molecule has 2 aromatic carbocycles. The minimum atomic E-state index is -5.70. The van der Waals surface area contributed by atoms with E-state index in [9.17, 15) is 21.6 Å². The molecule has 0 aromatic heterocycles. The maximum absolute atomic E-state index is 12.7. The molecule has 2 aromatic rings. The summed E-state index contributed by atoms with van der Waals surface area (Å²) in [5, 5.41) is 0. The molecule has 0 amide bonds. The summed E-state index contributed by atoms with van der Waals surface area (Å²) in [5.74, 6) is 0. The Morgan fingerprint density at radius 2 is 1.26 bits per heavy atom. The molecule has 0 saturated heterocycles. The van der Waals surface area contributed by atoms with Crippen LogP contribution in [-0.4, -0.2) is 13.9 Å². The number of halogens is 6. The van der Waals surface area contributed by atoms with Gasteiger partial charge in [0.25, 0.3) is 0 Å². The molecule has 0 aliphatic heterocycles. The Hall–Kier alpha value is -0.170. The van der Waals surface area contributed by atoms with Crippen molar-refractivity contribution in [2.45, 2.75) is 5.51 Å². The van der Waals surface area contributed by atoms with Crippen LogP contribution in [0.3, 0.4) is 0 Å². The summed E-state index contributed by atoms with van der Waals surface area (Å²) >= 11 is 3.12. The molecule has 0 heterocycles. The Bertz CT molecular complexity index is 767. The van der Waals surface area contributed by atoms with E-state index < -0.39 is 35.9 Å². The van der Waals surface area contributed by atoms with Gasteiger partial charge in [-0.2, -0.15) is 0 Å². The van der Waals surface area contributed by atoms with Gasteiger partial charge < -0.3 is 0 Å². The molecule has 0 radical (unpaired) electrons. The molecular formula is C13H8Br2F3IO3S. The van der Waals surface area contributed by atoms with Crippen molar-refractivity contribution < 1.29 is 24.1 Å². The first-order chi connectivity index (χ1) is 10.6. The molecule has 0 unspecified atom stereocenters. The Labute approximate surface area is 155 Å². The van der Waals surface area contributed by atoms with Gasteiger partial charge in [0.15, 0.2) is 0 Å². The van der Waals surface area contributed by atoms with E-state index in [4.69, 9.17) is 0 Å². The summed E-state index contributed by atoms with van der Waals surface area (Å²) in [5.41, 5.74) is -5.47. The first kappa shape index (κ1) is 19.2. The summed E-state index contributed by atoms with van der Waals surface area (Å²) in [7, 11) is -5.70. The normalized spacial score (nSPS) is 13.0. The molecule has 0 spiro atoms. The van der Waals surface area contributed by atoms with Gasteiger partial charge in [-0.15, -0.1) is 0 Å². The molecule has 0 aliphatic carbocycles. The van der Waals surface area contributed by atoms with Crippen molar-refractivity contribution in [2.75, 3.05) is 0 Å². The Morgan fingerprint density at radius 3 is 1.61 bits per heavy atom. The fourth-order valence-electron chi connectivity index (χ4n) is 1.45. The molecule has 0 bridgehead atoms. The van der Waals surface area contributed by atoms with E-state index in [2.05, 4.69) is 34.4 Å². The van der Waals surface area contributed by atoms with Crippen molar-refractivity contribution in [2.24, 2.45) is 0 Å². The number of benzene rings is 2. The van der Waals surface area contributed by atoms with Crippen molar-refractivity contribution >= 4 is 62.2 Å². The van der Waals surface area contributed by atoms with E-state index in [0.717, 1.165) is 0 Å². The van der Waals surface area contributed by atoms with Gasteiger partial charge in [-0.25, -0.2) is 0 Å². The predicted molar refractivity (Wildman–Crippen MR) is 95.8 cm³/mol. The number of alkyl halides is 3. The average molecular weight is 588 g/mol. The molecule has 3 nitrogen and oxygen atoms in total. The summed E-state index contributed by atoms with van der Waals surface area (Å²) in [4.78, 5) is 0. The van der Waals surface area contributed by atoms with Crippen LogP contribution in [0.4, 0.5) is 13.2 Å². The quantitative estimate of drug-likeness (QED) is 0.349. The molecule has 2 rings (SSSR count). The van der Waals surface area contributed by atoms with Gasteiger partial charge in [0.2, 0.25) is 0 Å². The van der Waals surface area contributed by atoms with E-state index >= 15 is 0 Å². The minimum absolute atomic E-state index is 0.413. The SMILES string of the molecule is O=S(=O)(OI(c1ccccc1Br)c1ccccc1Br)C(F)(F)F. The van der Waals surface area contributed by atoms with Gasteiger partial charge in [0.1, 0.15) is 0 Å². The zero-order chi connectivity index (χ0) is 17.3. The Balaban J connectivity index is 2.59. The zero-order valence-electron chi connectivity index (χ0n) is 11.0. The first-order valence-electron chi connectivity index (χ1n) is 5.84. The third kappa shape index (κ3) is 4.47. The second-order valence-corrected chi connectivity index (χ2v) is 12.1. The van der Waals surface area contributed by atoms with Gasteiger partial charge in [-0.05, 0) is 0 Å². The maximum atomic E-state index is 12.7. The monoisotopic (exact) mass is 586 g/mol. The van der Waals surface area contributed by atoms with Crippen molar-refractivity contribution in [3.63, 3.8) is 0 Å². The molecule has 23 heavy (non-hydrogen) atoms. The fraction of sp³-hybridized carbons (Fsp3) is 0.0769. The van der Waals surface area contributed by atoms with Crippen LogP contribution in [0.5, 0.6) is 0 Å². The van der Waals surface area contributed by atoms with Gasteiger partial charge in [0.05, 0.1) is 0 Å². The third-order valence-corrected chi connectivity index (χ3v) is 12.7. The van der Waals surface area contributed by atoms with E-state index in [1.165, 1.54) is 0 Å². The summed E-state index contributed by atoms with van der Waals surface area (Å²) in [6, 6.07) is 13.0.